The number of hydrogen-bond acceptors (Lipinski definition) is 4. The smallest absolute Gasteiger partial charge is 0.243 e. The Morgan fingerprint density at radius 2 is 1.67 bits per heavy atom. The fourth-order valence-electron chi connectivity index (χ4n) is 3.43. The van der Waals surface area contributed by atoms with E-state index < -0.39 is 10.0 Å². The standard InChI is InChI=1S/C21H26N2O3S/c1-4-21(24)18-8-6-9-19(15-18)27(25,26)23-13-11-22(12-14-23)20-10-5-7-16(2)17(20)3/h5-10,15H,4,11-14H2,1-3H3. The average Bonchev–Trinajstić information content (AvgIpc) is 2.69. The van der Waals surface area contributed by atoms with Crippen molar-refractivity contribution >= 4 is 21.5 Å². The number of rotatable bonds is 5. The van der Waals surface area contributed by atoms with Crippen LogP contribution >= 0.6 is 0 Å². The molecule has 0 aliphatic carbocycles. The number of Topliss-reactive ketones (excluding diaryl/α,β-unsaturated/α-hetero) is 1. The zero-order chi connectivity index (χ0) is 19.6. The van der Waals surface area contributed by atoms with Gasteiger partial charge in [-0.25, -0.2) is 8.42 Å². The molecule has 0 bridgehead atoms. The third-order valence-corrected chi connectivity index (χ3v) is 7.16. The average molecular weight is 387 g/mol. The summed E-state index contributed by atoms with van der Waals surface area (Å²) >= 11 is 0. The predicted octanol–water partition coefficient (Wildman–Crippen LogP) is 3.41. The Bertz CT molecular complexity index is 946. The van der Waals surface area contributed by atoms with Crippen molar-refractivity contribution in [3.8, 4) is 0 Å². The van der Waals surface area contributed by atoms with Gasteiger partial charge >= 0.3 is 0 Å². The minimum absolute atomic E-state index is 0.0493. The van der Waals surface area contributed by atoms with Gasteiger partial charge in [0.05, 0.1) is 4.90 Å². The molecule has 3 rings (SSSR count). The van der Waals surface area contributed by atoms with Gasteiger partial charge in [-0.15, -0.1) is 0 Å². The molecule has 2 aromatic carbocycles. The molecule has 0 aromatic heterocycles. The molecule has 0 radical (unpaired) electrons. The van der Waals surface area contributed by atoms with Crippen LogP contribution in [0.5, 0.6) is 0 Å². The number of piperazine rings is 1. The Kier molecular flexibility index (Phi) is 5.67. The van der Waals surface area contributed by atoms with Crippen molar-refractivity contribution in [1.82, 2.24) is 4.31 Å². The second kappa shape index (κ2) is 7.82. The van der Waals surface area contributed by atoms with Crippen molar-refractivity contribution in [1.29, 1.82) is 0 Å². The highest BCUT2D eigenvalue weighted by atomic mass is 32.2. The van der Waals surface area contributed by atoms with Gasteiger partial charge in [-0.05, 0) is 43.2 Å². The maximum atomic E-state index is 13.0. The summed E-state index contributed by atoms with van der Waals surface area (Å²) in [4.78, 5) is 14.4. The monoisotopic (exact) mass is 386 g/mol. The molecular formula is C21H26N2O3S. The van der Waals surface area contributed by atoms with Crippen LogP contribution in [0.2, 0.25) is 0 Å². The van der Waals surface area contributed by atoms with E-state index >= 15 is 0 Å². The topological polar surface area (TPSA) is 57.7 Å². The number of carbonyl (C=O) groups excluding carboxylic acids is 1. The summed E-state index contributed by atoms with van der Waals surface area (Å²) in [6.07, 6.45) is 0.359. The fraction of sp³-hybridized carbons (Fsp3) is 0.381. The summed E-state index contributed by atoms with van der Waals surface area (Å²) in [7, 11) is -3.60. The summed E-state index contributed by atoms with van der Waals surface area (Å²) in [5.74, 6) is -0.0493. The number of carbonyl (C=O) groups is 1. The van der Waals surface area contributed by atoms with Gasteiger partial charge in [-0.2, -0.15) is 4.31 Å². The van der Waals surface area contributed by atoms with Gasteiger partial charge in [0.25, 0.3) is 0 Å². The first-order valence-electron chi connectivity index (χ1n) is 9.29. The molecule has 1 saturated heterocycles. The van der Waals surface area contributed by atoms with Crippen LogP contribution < -0.4 is 4.90 Å². The first-order chi connectivity index (χ1) is 12.8. The second-order valence-corrected chi connectivity index (χ2v) is 8.85. The van der Waals surface area contributed by atoms with Crippen LogP contribution in [0.25, 0.3) is 0 Å². The van der Waals surface area contributed by atoms with Gasteiger partial charge in [-0.3, -0.25) is 4.79 Å². The SMILES string of the molecule is CCC(=O)c1cccc(S(=O)(=O)N2CCN(c3cccc(C)c3C)CC2)c1. The summed E-state index contributed by atoms with van der Waals surface area (Å²) < 4.78 is 27.5. The molecule has 5 nitrogen and oxygen atoms in total. The minimum atomic E-state index is -3.60. The maximum Gasteiger partial charge on any atom is 0.243 e. The number of aryl methyl sites for hydroxylation is 1. The minimum Gasteiger partial charge on any atom is -0.369 e. The lowest BCUT2D eigenvalue weighted by Gasteiger charge is -2.36. The zero-order valence-corrected chi connectivity index (χ0v) is 16.9. The third kappa shape index (κ3) is 3.92. The van der Waals surface area contributed by atoms with Crippen molar-refractivity contribution < 1.29 is 13.2 Å². The van der Waals surface area contributed by atoms with E-state index in [1.165, 1.54) is 27.2 Å². The van der Waals surface area contributed by atoms with Crippen LogP contribution in [0.15, 0.2) is 47.4 Å². The van der Waals surface area contributed by atoms with Crippen LogP contribution in [0.3, 0.4) is 0 Å². The molecule has 0 atom stereocenters. The van der Waals surface area contributed by atoms with Crippen LogP contribution in [-0.4, -0.2) is 44.7 Å². The highest BCUT2D eigenvalue weighted by Gasteiger charge is 2.29. The molecule has 0 saturated carbocycles. The van der Waals surface area contributed by atoms with Gasteiger partial charge in [0, 0.05) is 43.9 Å². The van der Waals surface area contributed by atoms with E-state index in [1.807, 2.05) is 6.07 Å². The Balaban J connectivity index is 1.77. The Labute approximate surface area is 161 Å². The fourth-order valence-corrected chi connectivity index (χ4v) is 4.90. The Morgan fingerprint density at radius 1 is 1.00 bits per heavy atom. The lowest BCUT2D eigenvalue weighted by molar-refractivity contribution is 0.0988. The van der Waals surface area contributed by atoms with Gasteiger partial charge in [0.1, 0.15) is 0 Å². The van der Waals surface area contributed by atoms with Gasteiger partial charge < -0.3 is 4.90 Å². The van der Waals surface area contributed by atoms with E-state index in [2.05, 4.69) is 30.9 Å². The van der Waals surface area contributed by atoms with Crippen molar-refractivity contribution in [2.24, 2.45) is 0 Å². The molecule has 1 heterocycles. The molecule has 6 heteroatoms. The number of hydrogen-bond donors (Lipinski definition) is 0. The highest BCUT2D eigenvalue weighted by Crippen LogP contribution is 2.26. The quantitative estimate of drug-likeness (QED) is 0.739. The van der Waals surface area contributed by atoms with Gasteiger partial charge in [0.15, 0.2) is 5.78 Å². The lowest BCUT2D eigenvalue weighted by atomic mass is 10.1. The molecular weight excluding hydrogens is 360 g/mol. The van der Waals surface area contributed by atoms with Crippen molar-refractivity contribution in [3.05, 3.63) is 59.2 Å². The van der Waals surface area contributed by atoms with Crippen molar-refractivity contribution in [3.63, 3.8) is 0 Å². The second-order valence-electron chi connectivity index (χ2n) is 6.91. The van der Waals surface area contributed by atoms with E-state index in [4.69, 9.17) is 0 Å². The Morgan fingerprint density at radius 3 is 2.33 bits per heavy atom. The molecule has 0 N–H and O–H groups in total. The molecule has 0 unspecified atom stereocenters. The normalized spacial score (nSPS) is 15.7. The van der Waals surface area contributed by atoms with Crippen LogP contribution in [0.1, 0.15) is 34.8 Å². The maximum absolute atomic E-state index is 13.0. The van der Waals surface area contributed by atoms with E-state index in [0.29, 0.717) is 38.2 Å². The molecule has 1 aliphatic heterocycles. The molecule has 144 valence electrons. The first kappa shape index (κ1) is 19.6. The molecule has 0 amide bonds. The number of sulfonamides is 1. The summed E-state index contributed by atoms with van der Waals surface area (Å²) in [5.41, 5.74) is 4.09. The molecule has 1 aliphatic rings. The number of benzene rings is 2. The van der Waals surface area contributed by atoms with E-state index in [1.54, 1.807) is 25.1 Å². The Hall–Kier alpha value is -2.18. The predicted molar refractivity (Wildman–Crippen MR) is 108 cm³/mol. The van der Waals surface area contributed by atoms with Gasteiger partial charge in [-0.1, -0.05) is 31.2 Å². The summed E-state index contributed by atoms with van der Waals surface area (Å²) in [6.45, 7) is 8.13. The number of nitrogens with zero attached hydrogens (tertiary/aromatic N) is 2. The van der Waals surface area contributed by atoms with Crippen molar-refractivity contribution in [2.75, 3.05) is 31.1 Å². The first-order valence-corrected chi connectivity index (χ1v) is 10.7. The largest absolute Gasteiger partial charge is 0.369 e. The van der Waals surface area contributed by atoms with Crippen LogP contribution in [-0.2, 0) is 10.0 Å². The lowest BCUT2D eigenvalue weighted by Crippen LogP contribution is -2.48. The molecule has 0 spiro atoms. The highest BCUT2D eigenvalue weighted by molar-refractivity contribution is 7.89. The van der Waals surface area contributed by atoms with Crippen LogP contribution in [0, 0.1) is 13.8 Å². The van der Waals surface area contributed by atoms with E-state index in [0.717, 1.165) is 0 Å². The van der Waals surface area contributed by atoms with Crippen LogP contribution in [0.4, 0.5) is 5.69 Å². The molecule has 27 heavy (non-hydrogen) atoms. The van der Waals surface area contributed by atoms with E-state index in [9.17, 15) is 13.2 Å². The number of ketones is 1. The molecule has 1 fully saturated rings. The number of anilines is 1. The third-order valence-electron chi connectivity index (χ3n) is 5.27. The summed E-state index contributed by atoms with van der Waals surface area (Å²) in [5, 5.41) is 0. The van der Waals surface area contributed by atoms with E-state index in [-0.39, 0.29) is 10.7 Å². The summed E-state index contributed by atoms with van der Waals surface area (Å²) in [6, 6.07) is 12.6. The zero-order valence-electron chi connectivity index (χ0n) is 16.1. The van der Waals surface area contributed by atoms with Crippen molar-refractivity contribution in [2.45, 2.75) is 32.1 Å². The molecule has 2 aromatic rings. The van der Waals surface area contributed by atoms with Gasteiger partial charge in [0.2, 0.25) is 10.0 Å².